The number of morpholine rings is 1. The van der Waals surface area contributed by atoms with Gasteiger partial charge in [0.15, 0.2) is 0 Å². The first-order valence-electron chi connectivity index (χ1n) is 6.38. The van der Waals surface area contributed by atoms with Crippen LogP contribution in [0.2, 0.25) is 0 Å². The van der Waals surface area contributed by atoms with Crippen LogP contribution in [-0.2, 0) is 14.8 Å². The molecule has 2 aliphatic heterocycles. The molecular formula is C13H17NO4S. The molecule has 0 aliphatic carbocycles. The molecule has 0 spiro atoms. The van der Waals surface area contributed by atoms with Gasteiger partial charge < -0.3 is 9.47 Å². The topological polar surface area (TPSA) is 55.8 Å². The average molecular weight is 283 g/mol. The molecule has 2 bridgehead atoms. The minimum absolute atomic E-state index is 0.0186. The van der Waals surface area contributed by atoms with Crippen molar-refractivity contribution >= 4 is 10.0 Å². The summed E-state index contributed by atoms with van der Waals surface area (Å²) in [4.78, 5) is 0.297. The molecule has 6 heteroatoms. The molecule has 2 saturated heterocycles. The van der Waals surface area contributed by atoms with Gasteiger partial charge in [0, 0.05) is 18.2 Å². The molecule has 1 aromatic carbocycles. The molecule has 0 aromatic heterocycles. The van der Waals surface area contributed by atoms with Crippen LogP contribution in [0, 0.1) is 0 Å². The summed E-state index contributed by atoms with van der Waals surface area (Å²) >= 11 is 0. The normalized spacial score (nSPS) is 27.4. The molecule has 104 valence electrons. The predicted molar refractivity (Wildman–Crippen MR) is 69.6 cm³/mol. The largest absolute Gasteiger partial charge is 0.497 e. The standard InChI is InChI=1S/C13H17NO4S/c1-17-12-3-2-4-13(7-12)19(15,16)14-10-5-6-11(14)9-18-8-10/h2-4,7,10-11H,5-6,8-9H2,1H3/t10-,11-/m0/s1. The highest BCUT2D eigenvalue weighted by atomic mass is 32.2. The number of ether oxygens (including phenoxy) is 2. The molecule has 5 nitrogen and oxygen atoms in total. The first-order valence-corrected chi connectivity index (χ1v) is 7.82. The Morgan fingerprint density at radius 2 is 1.95 bits per heavy atom. The summed E-state index contributed by atoms with van der Waals surface area (Å²) in [6, 6.07) is 6.60. The molecule has 0 saturated carbocycles. The van der Waals surface area contributed by atoms with Crippen molar-refractivity contribution in [1.29, 1.82) is 0 Å². The summed E-state index contributed by atoms with van der Waals surface area (Å²) in [5, 5.41) is 0. The van der Waals surface area contributed by atoms with Crippen molar-refractivity contribution < 1.29 is 17.9 Å². The first kappa shape index (κ1) is 12.9. The molecular weight excluding hydrogens is 266 g/mol. The smallest absolute Gasteiger partial charge is 0.243 e. The van der Waals surface area contributed by atoms with E-state index in [2.05, 4.69) is 0 Å². The fraction of sp³-hybridized carbons (Fsp3) is 0.538. The number of rotatable bonds is 3. The third-order valence-corrected chi connectivity index (χ3v) is 5.79. The Morgan fingerprint density at radius 1 is 1.26 bits per heavy atom. The summed E-state index contributed by atoms with van der Waals surface area (Å²) < 4.78 is 37.6. The minimum atomic E-state index is -3.46. The Balaban J connectivity index is 1.98. The van der Waals surface area contributed by atoms with Crippen LogP contribution in [-0.4, -0.2) is 45.1 Å². The van der Waals surface area contributed by atoms with Gasteiger partial charge in [-0.1, -0.05) is 6.07 Å². The molecule has 2 fully saturated rings. The molecule has 19 heavy (non-hydrogen) atoms. The van der Waals surface area contributed by atoms with Crippen molar-refractivity contribution in [2.24, 2.45) is 0 Å². The lowest BCUT2D eigenvalue weighted by Crippen LogP contribution is -2.48. The summed E-state index contributed by atoms with van der Waals surface area (Å²) in [7, 11) is -1.93. The monoisotopic (exact) mass is 283 g/mol. The van der Waals surface area contributed by atoms with Gasteiger partial charge in [0.05, 0.1) is 25.2 Å². The van der Waals surface area contributed by atoms with Gasteiger partial charge in [0.1, 0.15) is 5.75 Å². The van der Waals surface area contributed by atoms with Crippen molar-refractivity contribution in [3.05, 3.63) is 24.3 Å². The van der Waals surface area contributed by atoms with Crippen molar-refractivity contribution in [2.45, 2.75) is 29.8 Å². The summed E-state index contributed by atoms with van der Waals surface area (Å²) in [6.45, 7) is 0.999. The molecule has 2 aliphatic rings. The maximum atomic E-state index is 12.7. The maximum Gasteiger partial charge on any atom is 0.243 e. The van der Waals surface area contributed by atoms with Gasteiger partial charge >= 0.3 is 0 Å². The molecule has 2 atom stereocenters. The molecule has 1 aromatic rings. The number of sulfonamides is 1. The molecule has 0 N–H and O–H groups in total. The second-order valence-corrected chi connectivity index (χ2v) is 6.78. The van der Waals surface area contributed by atoms with Gasteiger partial charge in [0.25, 0.3) is 0 Å². The van der Waals surface area contributed by atoms with Crippen LogP contribution in [0.3, 0.4) is 0 Å². The number of hydrogen-bond donors (Lipinski definition) is 0. The number of nitrogens with zero attached hydrogens (tertiary/aromatic N) is 1. The van der Waals surface area contributed by atoms with Crippen molar-refractivity contribution in [2.75, 3.05) is 20.3 Å². The fourth-order valence-electron chi connectivity index (χ4n) is 2.87. The van der Waals surface area contributed by atoms with Gasteiger partial charge in [-0.2, -0.15) is 4.31 Å². The van der Waals surface area contributed by atoms with Crippen LogP contribution in [0.5, 0.6) is 5.75 Å². The van der Waals surface area contributed by atoms with Gasteiger partial charge in [-0.15, -0.1) is 0 Å². The highest BCUT2D eigenvalue weighted by molar-refractivity contribution is 7.89. The predicted octanol–water partition coefficient (Wildman–Crippen LogP) is 1.25. The quantitative estimate of drug-likeness (QED) is 0.837. The van der Waals surface area contributed by atoms with Gasteiger partial charge in [-0.3, -0.25) is 0 Å². The van der Waals surface area contributed by atoms with Crippen LogP contribution in [0.1, 0.15) is 12.8 Å². The van der Waals surface area contributed by atoms with E-state index in [1.54, 1.807) is 28.6 Å². The summed E-state index contributed by atoms with van der Waals surface area (Å²) in [5.41, 5.74) is 0. The average Bonchev–Trinajstić information content (AvgIpc) is 2.70. The zero-order valence-corrected chi connectivity index (χ0v) is 11.6. The highest BCUT2D eigenvalue weighted by Crippen LogP contribution is 2.34. The number of fused-ring (bicyclic) bond motifs is 2. The Bertz CT molecular complexity index is 556. The second kappa shape index (κ2) is 4.77. The lowest BCUT2D eigenvalue weighted by molar-refractivity contribution is 0.0269. The SMILES string of the molecule is COc1cccc(S(=O)(=O)N2[C@H]3CC[C@H]2COC3)c1. The lowest BCUT2D eigenvalue weighted by atomic mass is 10.2. The first-order chi connectivity index (χ1) is 9.13. The Kier molecular flexibility index (Phi) is 3.24. The molecule has 2 heterocycles. The molecule has 0 amide bonds. The van der Waals surface area contributed by atoms with E-state index in [0.717, 1.165) is 12.8 Å². The second-order valence-electron chi connectivity index (χ2n) is 4.94. The Labute approximate surface area is 113 Å². The van der Waals surface area contributed by atoms with E-state index in [1.165, 1.54) is 7.11 Å². The Morgan fingerprint density at radius 3 is 2.58 bits per heavy atom. The zero-order chi connectivity index (χ0) is 13.5. The van der Waals surface area contributed by atoms with Gasteiger partial charge in [0.2, 0.25) is 10.0 Å². The van der Waals surface area contributed by atoms with E-state index >= 15 is 0 Å². The van der Waals surface area contributed by atoms with Crippen LogP contribution >= 0.6 is 0 Å². The van der Waals surface area contributed by atoms with E-state index in [4.69, 9.17) is 9.47 Å². The lowest BCUT2D eigenvalue weighted by Gasteiger charge is -2.33. The molecule has 0 radical (unpaired) electrons. The van der Waals surface area contributed by atoms with Crippen molar-refractivity contribution in [3.8, 4) is 5.75 Å². The third kappa shape index (κ3) is 2.13. The number of hydrogen-bond acceptors (Lipinski definition) is 4. The molecule has 0 unspecified atom stereocenters. The van der Waals surface area contributed by atoms with Crippen LogP contribution in [0.25, 0.3) is 0 Å². The summed E-state index contributed by atoms with van der Waals surface area (Å²) in [6.07, 6.45) is 1.77. The molecule has 3 rings (SSSR count). The highest BCUT2D eigenvalue weighted by Gasteiger charge is 2.45. The van der Waals surface area contributed by atoms with E-state index in [0.29, 0.717) is 23.9 Å². The van der Waals surface area contributed by atoms with E-state index in [9.17, 15) is 8.42 Å². The van der Waals surface area contributed by atoms with Crippen LogP contribution in [0.4, 0.5) is 0 Å². The zero-order valence-electron chi connectivity index (χ0n) is 10.8. The van der Waals surface area contributed by atoms with Crippen molar-refractivity contribution in [1.82, 2.24) is 4.31 Å². The van der Waals surface area contributed by atoms with Gasteiger partial charge in [-0.05, 0) is 25.0 Å². The van der Waals surface area contributed by atoms with Crippen LogP contribution in [0.15, 0.2) is 29.2 Å². The van der Waals surface area contributed by atoms with Gasteiger partial charge in [-0.25, -0.2) is 8.42 Å². The third-order valence-electron chi connectivity index (χ3n) is 3.79. The summed E-state index contributed by atoms with van der Waals surface area (Å²) in [5.74, 6) is 0.557. The fourth-order valence-corrected chi connectivity index (χ4v) is 4.74. The Hall–Kier alpha value is -1.11. The maximum absolute atomic E-state index is 12.7. The minimum Gasteiger partial charge on any atom is -0.497 e. The number of methoxy groups -OCH3 is 1. The van der Waals surface area contributed by atoms with E-state index in [-0.39, 0.29) is 12.1 Å². The van der Waals surface area contributed by atoms with Crippen LogP contribution < -0.4 is 4.74 Å². The number of benzene rings is 1. The van der Waals surface area contributed by atoms with E-state index in [1.807, 2.05) is 0 Å². The van der Waals surface area contributed by atoms with E-state index < -0.39 is 10.0 Å². The van der Waals surface area contributed by atoms with Crippen molar-refractivity contribution in [3.63, 3.8) is 0 Å².